The number of hydrogen-bond donors (Lipinski definition) is 2. The molecule has 0 saturated heterocycles. The molecule has 100 valence electrons. The Balaban J connectivity index is 2.69. The van der Waals surface area contributed by atoms with Crippen molar-refractivity contribution in [3.63, 3.8) is 0 Å². The first-order valence-electron chi connectivity index (χ1n) is 5.99. The van der Waals surface area contributed by atoms with E-state index in [2.05, 4.69) is 10.6 Å². The number of ether oxygens (including phenoxy) is 1. The minimum atomic E-state index is -0.250. The zero-order chi connectivity index (χ0) is 13.5. The maximum atomic E-state index is 11.7. The van der Waals surface area contributed by atoms with Gasteiger partial charge >= 0.3 is 0 Å². The first-order valence-corrected chi connectivity index (χ1v) is 6.36. The predicted octanol–water partition coefficient (Wildman–Crippen LogP) is 2.68. The third-order valence-corrected chi connectivity index (χ3v) is 2.78. The fraction of sp³-hybridized carbons (Fsp3) is 0.462. The highest BCUT2D eigenvalue weighted by molar-refractivity contribution is 6.32. The average Bonchev–Trinajstić information content (AvgIpc) is 2.36. The highest BCUT2D eigenvalue weighted by atomic mass is 35.5. The molecule has 1 aromatic rings. The molecule has 0 radical (unpaired) electrons. The molecule has 0 aliphatic heterocycles. The number of rotatable bonds is 6. The lowest BCUT2D eigenvalue weighted by Crippen LogP contribution is -2.35. The number of hydrogen-bond acceptors (Lipinski definition) is 3. The molecule has 0 bridgehead atoms. The smallest absolute Gasteiger partial charge is 0.241 e. The second-order valence-electron chi connectivity index (χ2n) is 3.99. The van der Waals surface area contributed by atoms with Crippen molar-refractivity contribution in [3.05, 3.63) is 23.2 Å². The summed E-state index contributed by atoms with van der Waals surface area (Å²) in [5.74, 6) is 0.536. The Morgan fingerprint density at radius 2 is 2.22 bits per heavy atom. The lowest BCUT2D eigenvalue weighted by molar-refractivity contribution is -0.117. The molecule has 1 unspecified atom stereocenters. The van der Waals surface area contributed by atoms with E-state index in [-0.39, 0.29) is 11.9 Å². The van der Waals surface area contributed by atoms with Crippen LogP contribution in [0.2, 0.25) is 5.02 Å². The van der Waals surface area contributed by atoms with Crippen LogP contribution in [0.5, 0.6) is 5.75 Å². The highest BCUT2D eigenvalue weighted by Gasteiger charge is 2.11. The summed E-state index contributed by atoms with van der Waals surface area (Å²) >= 11 is 6.07. The van der Waals surface area contributed by atoms with E-state index in [1.54, 1.807) is 32.2 Å². The Morgan fingerprint density at radius 1 is 1.50 bits per heavy atom. The number of benzene rings is 1. The van der Waals surface area contributed by atoms with Crippen LogP contribution in [0, 0.1) is 0 Å². The summed E-state index contributed by atoms with van der Waals surface area (Å²) in [6.07, 6.45) is 0.925. The Labute approximate surface area is 113 Å². The molecule has 0 fully saturated rings. The minimum absolute atomic E-state index is 0.101. The fourth-order valence-electron chi connectivity index (χ4n) is 1.29. The summed E-state index contributed by atoms with van der Waals surface area (Å²) in [6, 6.07) is 4.97. The third kappa shape index (κ3) is 4.20. The van der Waals surface area contributed by atoms with Crippen LogP contribution in [0.25, 0.3) is 0 Å². The van der Waals surface area contributed by atoms with Gasteiger partial charge in [-0.15, -0.1) is 0 Å². The van der Waals surface area contributed by atoms with E-state index in [0.717, 1.165) is 6.42 Å². The van der Waals surface area contributed by atoms with Crippen molar-refractivity contribution >= 4 is 23.2 Å². The van der Waals surface area contributed by atoms with Gasteiger partial charge in [-0.25, -0.2) is 0 Å². The van der Waals surface area contributed by atoms with Gasteiger partial charge in [0.2, 0.25) is 5.91 Å². The summed E-state index contributed by atoms with van der Waals surface area (Å²) in [4.78, 5) is 11.7. The minimum Gasteiger partial charge on any atom is -0.492 e. The average molecular weight is 271 g/mol. The van der Waals surface area contributed by atoms with Gasteiger partial charge in [-0.2, -0.15) is 0 Å². The molecule has 0 saturated carbocycles. The number of carbonyl (C=O) groups excluding carboxylic acids is 1. The Kier molecular flexibility index (Phi) is 5.95. The first-order chi connectivity index (χ1) is 8.58. The summed E-state index contributed by atoms with van der Waals surface area (Å²) in [5.41, 5.74) is 0.663. The van der Waals surface area contributed by atoms with Crippen molar-refractivity contribution in [2.75, 3.05) is 19.0 Å². The van der Waals surface area contributed by atoms with Crippen molar-refractivity contribution in [3.8, 4) is 5.75 Å². The van der Waals surface area contributed by atoms with Crippen LogP contribution >= 0.6 is 11.6 Å². The van der Waals surface area contributed by atoms with Crippen LogP contribution in [-0.4, -0.2) is 25.6 Å². The van der Waals surface area contributed by atoms with Gasteiger partial charge in [-0.1, -0.05) is 18.5 Å². The molecule has 1 aromatic carbocycles. The number of carbonyl (C=O) groups is 1. The van der Waals surface area contributed by atoms with Crippen molar-refractivity contribution < 1.29 is 9.53 Å². The molecule has 0 heterocycles. The summed E-state index contributed by atoms with van der Waals surface area (Å²) in [6.45, 7) is 4.44. The second-order valence-corrected chi connectivity index (χ2v) is 4.40. The summed E-state index contributed by atoms with van der Waals surface area (Å²) in [7, 11) is 1.74. The maximum absolute atomic E-state index is 11.7. The molecular weight excluding hydrogens is 252 g/mol. The lowest BCUT2D eigenvalue weighted by atomic mass is 10.2. The van der Waals surface area contributed by atoms with E-state index < -0.39 is 0 Å². The molecule has 0 spiro atoms. The van der Waals surface area contributed by atoms with E-state index in [4.69, 9.17) is 16.3 Å². The van der Waals surface area contributed by atoms with Crippen LogP contribution in [0.15, 0.2) is 18.2 Å². The van der Waals surface area contributed by atoms with Gasteiger partial charge in [0.1, 0.15) is 5.75 Å². The molecule has 18 heavy (non-hydrogen) atoms. The Morgan fingerprint density at radius 3 is 2.78 bits per heavy atom. The van der Waals surface area contributed by atoms with E-state index in [9.17, 15) is 4.79 Å². The van der Waals surface area contributed by atoms with E-state index >= 15 is 0 Å². The van der Waals surface area contributed by atoms with Crippen molar-refractivity contribution in [2.24, 2.45) is 0 Å². The third-order valence-electron chi connectivity index (χ3n) is 2.49. The topological polar surface area (TPSA) is 50.4 Å². The summed E-state index contributed by atoms with van der Waals surface area (Å²) < 4.78 is 5.46. The quantitative estimate of drug-likeness (QED) is 0.836. The molecule has 0 aliphatic rings. The van der Waals surface area contributed by atoms with E-state index in [1.165, 1.54) is 0 Å². The Hall–Kier alpha value is -1.26. The standard InChI is InChI=1S/C13H19ClN2O2/c1-4-7-18-12-6-5-10(8-11(12)14)16-13(17)9(2)15-3/h5-6,8-9,15H,4,7H2,1-3H3,(H,16,17). The molecular formula is C13H19ClN2O2. The monoisotopic (exact) mass is 270 g/mol. The predicted molar refractivity (Wildman–Crippen MR) is 74.4 cm³/mol. The van der Waals surface area contributed by atoms with Crippen molar-refractivity contribution in [1.29, 1.82) is 0 Å². The van der Waals surface area contributed by atoms with Gasteiger partial charge in [0, 0.05) is 5.69 Å². The lowest BCUT2D eigenvalue weighted by Gasteiger charge is -2.12. The second kappa shape index (κ2) is 7.24. The largest absolute Gasteiger partial charge is 0.492 e. The zero-order valence-corrected chi connectivity index (χ0v) is 11.7. The number of likely N-dealkylation sites (N-methyl/N-ethyl adjacent to an activating group) is 1. The van der Waals surface area contributed by atoms with Gasteiger partial charge in [0.15, 0.2) is 0 Å². The number of nitrogens with one attached hydrogen (secondary N) is 2. The van der Waals surface area contributed by atoms with Crippen LogP contribution < -0.4 is 15.4 Å². The van der Waals surface area contributed by atoms with Gasteiger partial charge < -0.3 is 15.4 Å². The zero-order valence-electron chi connectivity index (χ0n) is 10.9. The van der Waals surface area contributed by atoms with Crippen LogP contribution in [0.4, 0.5) is 5.69 Å². The molecule has 2 N–H and O–H groups in total. The fourth-order valence-corrected chi connectivity index (χ4v) is 1.52. The van der Waals surface area contributed by atoms with Crippen molar-refractivity contribution in [2.45, 2.75) is 26.3 Å². The maximum Gasteiger partial charge on any atom is 0.241 e. The highest BCUT2D eigenvalue weighted by Crippen LogP contribution is 2.27. The first kappa shape index (κ1) is 14.8. The number of amides is 1. The molecule has 5 heteroatoms. The van der Waals surface area contributed by atoms with Crippen molar-refractivity contribution in [1.82, 2.24) is 5.32 Å². The van der Waals surface area contributed by atoms with Crippen LogP contribution in [-0.2, 0) is 4.79 Å². The van der Waals surface area contributed by atoms with Gasteiger partial charge in [0.05, 0.1) is 17.7 Å². The molecule has 1 rings (SSSR count). The number of anilines is 1. The van der Waals surface area contributed by atoms with Gasteiger partial charge in [0.25, 0.3) is 0 Å². The molecule has 0 aromatic heterocycles. The van der Waals surface area contributed by atoms with Gasteiger partial charge in [-0.3, -0.25) is 4.79 Å². The van der Waals surface area contributed by atoms with Crippen LogP contribution in [0.1, 0.15) is 20.3 Å². The number of halogens is 1. The van der Waals surface area contributed by atoms with E-state index in [1.807, 2.05) is 6.92 Å². The molecule has 0 aliphatic carbocycles. The SMILES string of the molecule is CCCOc1ccc(NC(=O)C(C)NC)cc1Cl. The van der Waals surface area contributed by atoms with Gasteiger partial charge in [-0.05, 0) is 38.6 Å². The Bertz CT molecular complexity index is 410. The normalized spacial score (nSPS) is 12.0. The van der Waals surface area contributed by atoms with Crippen LogP contribution in [0.3, 0.4) is 0 Å². The van der Waals surface area contributed by atoms with E-state index in [0.29, 0.717) is 23.1 Å². The molecule has 1 amide bonds. The molecule has 4 nitrogen and oxygen atoms in total. The molecule has 1 atom stereocenters. The summed E-state index contributed by atoms with van der Waals surface area (Å²) in [5, 5.41) is 6.14.